The topological polar surface area (TPSA) is 63.8 Å². The first-order chi connectivity index (χ1) is 6.68. The summed E-state index contributed by atoms with van der Waals surface area (Å²) in [6.07, 6.45) is 1.12. The highest BCUT2D eigenvalue weighted by Gasteiger charge is 2.11. The highest BCUT2D eigenvalue weighted by molar-refractivity contribution is 5.38. The maximum Gasteiger partial charge on any atom is 0.167 e. The first kappa shape index (κ1) is 8.54. The summed E-state index contributed by atoms with van der Waals surface area (Å²) in [5, 5.41) is 18.8. The van der Waals surface area contributed by atoms with Crippen LogP contribution in [0.15, 0.2) is 18.5 Å². The lowest BCUT2D eigenvalue weighted by molar-refractivity contribution is 0.425. The monoisotopic (exact) mass is 198 g/mol. The minimum absolute atomic E-state index is 0.162. The van der Waals surface area contributed by atoms with Gasteiger partial charge in [0.1, 0.15) is 12.0 Å². The molecule has 1 N–H and O–H groups in total. The molecule has 2 aromatic rings. The van der Waals surface area contributed by atoms with Crippen LogP contribution in [0, 0.1) is 11.6 Å². The van der Waals surface area contributed by atoms with Crippen LogP contribution >= 0.6 is 0 Å². The van der Waals surface area contributed by atoms with E-state index in [-0.39, 0.29) is 5.69 Å². The number of nitrogens with zero attached hydrogens (tertiary/aromatic N) is 4. The molecule has 0 saturated heterocycles. The molecule has 1 aromatic carbocycles. The van der Waals surface area contributed by atoms with Gasteiger partial charge < -0.3 is 5.11 Å². The summed E-state index contributed by atoms with van der Waals surface area (Å²) in [4.78, 5) is 0. The molecule has 0 unspecified atom stereocenters. The Balaban J connectivity index is 2.60. The van der Waals surface area contributed by atoms with Crippen molar-refractivity contribution in [2.24, 2.45) is 0 Å². The third kappa shape index (κ3) is 1.28. The molecule has 0 radical (unpaired) electrons. The molecular weight excluding hydrogens is 194 g/mol. The molecule has 1 aromatic heterocycles. The van der Waals surface area contributed by atoms with Crippen LogP contribution in [-0.4, -0.2) is 25.3 Å². The summed E-state index contributed by atoms with van der Waals surface area (Å²) < 4.78 is 27.0. The van der Waals surface area contributed by atoms with E-state index < -0.39 is 17.4 Å². The Hall–Kier alpha value is -2.05. The number of halogens is 2. The van der Waals surface area contributed by atoms with Gasteiger partial charge in [0.25, 0.3) is 0 Å². The van der Waals surface area contributed by atoms with E-state index in [0.717, 1.165) is 17.1 Å². The minimum atomic E-state index is -0.933. The summed E-state index contributed by atoms with van der Waals surface area (Å²) in [5.74, 6) is -2.49. The Labute approximate surface area is 76.6 Å². The van der Waals surface area contributed by atoms with E-state index in [0.29, 0.717) is 6.07 Å². The molecular formula is C7H4F2N4O. The molecule has 0 atom stereocenters. The molecule has 0 aliphatic rings. The molecule has 0 saturated carbocycles. The quantitative estimate of drug-likeness (QED) is 0.730. The lowest BCUT2D eigenvalue weighted by Crippen LogP contribution is -1.99. The smallest absolute Gasteiger partial charge is 0.167 e. The number of hydrogen-bond donors (Lipinski definition) is 1. The summed E-state index contributed by atoms with van der Waals surface area (Å²) >= 11 is 0. The van der Waals surface area contributed by atoms with Crippen LogP contribution in [0.3, 0.4) is 0 Å². The highest BCUT2D eigenvalue weighted by atomic mass is 19.1. The van der Waals surface area contributed by atoms with Gasteiger partial charge in [-0.3, -0.25) is 0 Å². The zero-order valence-corrected chi connectivity index (χ0v) is 6.72. The Morgan fingerprint density at radius 3 is 2.64 bits per heavy atom. The average Bonchev–Trinajstić information content (AvgIpc) is 2.64. The van der Waals surface area contributed by atoms with E-state index in [9.17, 15) is 8.78 Å². The first-order valence-corrected chi connectivity index (χ1v) is 3.60. The van der Waals surface area contributed by atoms with Crippen LogP contribution in [0.4, 0.5) is 8.78 Å². The fourth-order valence-corrected chi connectivity index (χ4v) is 0.973. The normalized spacial score (nSPS) is 10.4. The van der Waals surface area contributed by atoms with Crippen molar-refractivity contribution in [3.05, 3.63) is 30.1 Å². The largest absolute Gasteiger partial charge is 0.505 e. The molecule has 5 nitrogen and oxygen atoms in total. The summed E-state index contributed by atoms with van der Waals surface area (Å²) in [7, 11) is 0. The van der Waals surface area contributed by atoms with Crippen molar-refractivity contribution in [3.8, 4) is 11.4 Å². The van der Waals surface area contributed by atoms with Gasteiger partial charge in [-0.05, 0) is 10.4 Å². The van der Waals surface area contributed by atoms with Gasteiger partial charge in [-0.25, -0.2) is 8.78 Å². The minimum Gasteiger partial charge on any atom is -0.505 e. The predicted molar refractivity (Wildman–Crippen MR) is 40.7 cm³/mol. The Morgan fingerprint density at radius 1 is 1.21 bits per heavy atom. The van der Waals surface area contributed by atoms with Crippen LogP contribution in [0.1, 0.15) is 0 Å². The van der Waals surface area contributed by atoms with E-state index in [4.69, 9.17) is 5.11 Å². The van der Waals surface area contributed by atoms with E-state index in [1.807, 2.05) is 0 Å². The van der Waals surface area contributed by atoms with Crippen molar-refractivity contribution in [1.82, 2.24) is 20.2 Å². The van der Waals surface area contributed by atoms with Crippen LogP contribution in [0.2, 0.25) is 0 Å². The molecule has 72 valence electrons. The third-order valence-electron chi connectivity index (χ3n) is 1.61. The van der Waals surface area contributed by atoms with Gasteiger partial charge in [-0.15, -0.1) is 5.10 Å². The van der Waals surface area contributed by atoms with E-state index in [2.05, 4.69) is 15.5 Å². The molecule has 1 heterocycles. The second-order valence-corrected chi connectivity index (χ2v) is 2.51. The van der Waals surface area contributed by atoms with Crippen molar-refractivity contribution in [2.75, 3.05) is 0 Å². The maximum atomic E-state index is 13.2. The number of aromatic hydroxyl groups is 1. The Morgan fingerprint density at radius 2 is 2.00 bits per heavy atom. The van der Waals surface area contributed by atoms with Crippen LogP contribution in [0.5, 0.6) is 5.75 Å². The highest BCUT2D eigenvalue weighted by Crippen LogP contribution is 2.21. The number of aromatic nitrogens is 4. The first-order valence-electron chi connectivity index (χ1n) is 3.60. The van der Waals surface area contributed by atoms with Crippen molar-refractivity contribution in [2.45, 2.75) is 0 Å². The average molecular weight is 198 g/mol. The number of hydrogen-bond acceptors (Lipinski definition) is 4. The standard InChI is InChI=1S/C7H4F2N4O/c8-4-2-7(14)5(9)1-6(4)13-3-10-11-12-13/h1-3,14H. The molecule has 0 amide bonds. The molecule has 0 aliphatic heterocycles. The molecule has 7 heteroatoms. The summed E-state index contributed by atoms with van der Waals surface area (Å²) in [6, 6.07) is 1.47. The van der Waals surface area contributed by atoms with E-state index in [1.165, 1.54) is 0 Å². The van der Waals surface area contributed by atoms with Gasteiger partial charge >= 0.3 is 0 Å². The number of rotatable bonds is 1. The lowest BCUT2D eigenvalue weighted by Gasteiger charge is -2.02. The fraction of sp³-hybridized carbons (Fsp3) is 0. The molecule has 0 aliphatic carbocycles. The summed E-state index contributed by atoms with van der Waals surface area (Å²) in [6.45, 7) is 0. The molecule has 0 fully saturated rings. The van der Waals surface area contributed by atoms with Crippen molar-refractivity contribution < 1.29 is 13.9 Å². The van der Waals surface area contributed by atoms with Crippen LogP contribution in [0.25, 0.3) is 5.69 Å². The SMILES string of the molecule is Oc1cc(F)c(-n2cnnn2)cc1F. The van der Waals surface area contributed by atoms with Crippen molar-refractivity contribution in [1.29, 1.82) is 0 Å². The predicted octanol–water partition coefficient (Wildman–Crippen LogP) is 0.646. The van der Waals surface area contributed by atoms with Crippen molar-refractivity contribution >= 4 is 0 Å². The third-order valence-corrected chi connectivity index (χ3v) is 1.61. The summed E-state index contributed by atoms with van der Waals surface area (Å²) in [5.41, 5.74) is -0.162. The lowest BCUT2D eigenvalue weighted by atomic mass is 10.3. The fourth-order valence-electron chi connectivity index (χ4n) is 0.973. The Kier molecular flexibility index (Phi) is 1.84. The van der Waals surface area contributed by atoms with Gasteiger partial charge in [-0.1, -0.05) is 0 Å². The van der Waals surface area contributed by atoms with Gasteiger partial charge in [0.2, 0.25) is 0 Å². The van der Waals surface area contributed by atoms with Gasteiger partial charge in [0.15, 0.2) is 17.4 Å². The Bertz CT molecular complexity index is 457. The maximum absolute atomic E-state index is 13.2. The van der Waals surface area contributed by atoms with Crippen LogP contribution in [-0.2, 0) is 0 Å². The van der Waals surface area contributed by atoms with Crippen LogP contribution < -0.4 is 0 Å². The zero-order chi connectivity index (χ0) is 10.1. The van der Waals surface area contributed by atoms with Gasteiger partial charge in [-0.2, -0.15) is 4.68 Å². The number of benzene rings is 1. The van der Waals surface area contributed by atoms with Crippen molar-refractivity contribution in [3.63, 3.8) is 0 Å². The molecule has 0 spiro atoms. The number of tetrazole rings is 1. The second kappa shape index (κ2) is 3.02. The van der Waals surface area contributed by atoms with E-state index >= 15 is 0 Å². The van der Waals surface area contributed by atoms with E-state index in [1.54, 1.807) is 0 Å². The molecule has 2 rings (SSSR count). The number of phenolic OH excluding ortho intramolecular Hbond substituents is 1. The van der Waals surface area contributed by atoms with Gasteiger partial charge in [0, 0.05) is 12.1 Å². The molecule has 0 bridgehead atoms. The number of phenols is 1. The zero-order valence-electron chi connectivity index (χ0n) is 6.72. The molecule has 14 heavy (non-hydrogen) atoms. The van der Waals surface area contributed by atoms with Gasteiger partial charge in [0.05, 0.1) is 0 Å². The second-order valence-electron chi connectivity index (χ2n) is 2.51.